The lowest BCUT2D eigenvalue weighted by atomic mass is 9.87. The van der Waals surface area contributed by atoms with E-state index in [1.807, 2.05) is 0 Å². The van der Waals surface area contributed by atoms with Gasteiger partial charge in [0.1, 0.15) is 0 Å². The van der Waals surface area contributed by atoms with Crippen molar-refractivity contribution < 1.29 is 0 Å². The van der Waals surface area contributed by atoms with E-state index in [4.69, 9.17) is 0 Å². The molecular weight excluding hydrogens is 184 g/mol. The van der Waals surface area contributed by atoms with Crippen LogP contribution in [0.15, 0.2) is 0 Å². The largest absolute Gasteiger partial charge is 0.255 e. The van der Waals surface area contributed by atoms with Crippen molar-refractivity contribution in [3.05, 3.63) is 0 Å². The van der Waals surface area contributed by atoms with E-state index >= 15 is 0 Å². The Bertz CT molecular complexity index is 167. The molecule has 0 aromatic heterocycles. The highest BCUT2D eigenvalue weighted by Crippen LogP contribution is 2.33. The van der Waals surface area contributed by atoms with Crippen molar-refractivity contribution in [3.8, 4) is 0 Å². The number of hydrazine groups is 1. The number of hydrogen-bond acceptors (Lipinski definition) is 2. The third-order valence-electron chi connectivity index (χ3n) is 4.14. The van der Waals surface area contributed by atoms with Crippen LogP contribution in [0.2, 0.25) is 0 Å². The fourth-order valence-corrected chi connectivity index (χ4v) is 3.27. The molecule has 0 unspecified atom stereocenters. The van der Waals surface area contributed by atoms with Gasteiger partial charge in [0, 0.05) is 19.6 Å². The molecule has 1 aliphatic carbocycles. The second kappa shape index (κ2) is 5.86. The van der Waals surface area contributed by atoms with Crippen LogP contribution in [0.3, 0.4) is 0 Å². The Kier molecular flexibility index (Phi) is 4.45. The lowest BCUT2D eigenvalue weighted by Crippen LogP contribution is -2.43. The Morgan fingerprint density at radius 3 is 2.20 bits per heavy atom. The van der Waals surface area contributed by atoms with Crippen LogP contribution in [0.1, 0.15) is 51.9 Å². The molecule has 0 amide bonds. The molecule has 1 N–H and O–H groups in total. The Morgan fingerprint density at radius 2 is 1.60 bits per heavy atom. The summed E-state index contributed by atoms with van der Waals surface area (Å²) < 4.78 is 0. The van der Waals surface area contributed by atoms with Crippen molar-refractivity contribution in [2.24, 2.45) is 11.8 Å². The van der Waals surface area contributed by atoms with E-state index in [-0.39, 0.29) is 0 Å². The summed E-state index contributed by atoms with van der Waals surface area (Å²) in [7, 11) is 0. The molecule has 1 heterocycles. The first-order chi connectivity index (χ1) is 7.38. The first-order valence-corrected chi connectivity index (χ1v) is 6.87. The molecule has 15 heavy (non-hydrogen) atoms. The average Bonchev–Trinajstić information content (AvgIpc) is 2.74. The molecule has 2 aliphatic rings. The van der Waals surface area contributed by atoms with Crippen LogP contribution in [-0.2, 0) is 0 Å². The Labute approximate surface area is 94.4 Å². The first-order valence-electron chi connectivity index (χ1n) is 6.87. The fourth-order valence-electron chi connectivity index (χ4n) is 3.27. The molecule has 1 saturated heterocycles. The Balaban J connectivity index is 1.64. The van der Waals surface area contributed by atoms with Gasteiger partial charge in [-0.05, 0) is 31.1 Å². The van der Waals surface area contributed by atoms with Crippen molar-refractivity contribution in [2.45, 2.75) is 51.9 Å². The van der Waals surface area contributed by atoms with Gasteiger partial charge in [0.05, 0.1) is 0 Å². The van der Waals surface area contributed by atoms with Crippen molar-refractivity contribution >= 4 is 0 Å². The van der Waals surface area contributed by atoms with E-state index in [9.17, 15) is 0 Å². The number of nitrogens with one attached hydrogen (secondary N) is 1. The maximum Gasteiger partial charge on any atom is 0.0133 e. The van der Waals surface area contributed by atoms with Gasteiger partial charge in [-0.3, -0.25) is 5.43 Å². The third-order valence-corrected chi connectivity index (χ3v) is 4.14. The van der Waals surface area contributed by atoms with Crippen molar-refractivity contribution in [1.82, 2.24) is 10.4 Å². The van der Waals surface area contributed by atoms with Crippen LogP contribution in [-0.4, -0.2) is 24.6 Å². The van der Waals surface area contributed by atoms with Crippen molar-refractivity contribution in [3.63, 3.8) is 0 Å². The highest BCUT2D eigenvalue weighted by Gasteiger charge is 2.23. The number of nitrogens with zero attached hydrogens (tertiary/aromatic N) is 1. The van der Waals surface area contributed by atoms with Gasteiger partial charge >= 0.3 is 0 Å². The van der Waals surface area contributed by atoms with Crippen LogP contribution in [0, 0.1) is 11.8 Å². The molecule has 0 aromatic rings. The van der Waals surface area contributed by atoms with Gasteiger partial charge in [-0.15, -0.1) is 0 Å². The van der Waals surface area contributed by atoms with Gasteiger partial charge in [-0.1, -0.05) is 32.6 Å². The normalized spacial score (nSPS) is 26.2. The van der Waals surface area contributed by atoms with E-state index < -0.39 is 0 Å². The minimum atomic E-state index is 1.03. The zero-order valence-electron chi connectivity index (χ0n) is 10.2. The monoisotopic (exact) mass is 210 g/mol. The predicted molar refractivity (Wildman–Crippen MR) is 64.5 cm³/mol. The van der Waals surface area contributed by atoms with Crippen LogP contribution in [0.25, 0.3) is 0 Å². The summed E-state index contributed by atoms with van der Waals surface area (Å²) in [6, 6.07) is 0. The minimum absolute atomic E-state index is 1.03. The molecule has 0 bridgehead atoms. The van der Waals surface area contributed by atoms with Crippen LogP contribution in [0.4, 0.5) is 0 Å². The van der Waals surface area contributed by atoms with E-state index in [1.54, 1.807) is 0 Å². The molecular formula is C13H26N2. The Morgan fingerprint density at radius 1 is 1.00 bits per heavy atom. The van der Waals surface area contributed by atoms with Crippen LogP contribution >= 0.6 is 0 Å². The second-order valence-corrected chi connectivity index (χ2v) is 5.33. The summed E-state index contributed by atoms with van der Waals surface area (Å²) >= 11 is 0. The molecule has 2 nitrogen and oxygen atoms in total. The van der Waals surface area contributed by atoms with Crippen molar-refractivity contribution in [1.29, 1.82) is 0 Å². The second-order valence-electron chi connectivity index (χ2n) is 5.33. The van der Waals surface area contributed by atoms with Gasteiger partial charge < -0.3 is 0 Å². The van der Waals surface area contributed by atoms with Gasteiger partial charge in [-0.25, -0.2) is 5.01 Å². The summed E-state index contributed by atoms with van der Waals surface area (Å²) in [6.45, 7) is 5.80. The number of piperidine rings is 1. The molecule has 0 aromatic carbocycles. The lowest BCUT2D eigenvalue weighted by Gasteiger charge is -2.33. The van der Waals surface area contributed by atoms with Gasteiger partial charge in [-0.2, -0.15) is 0 Å². The maximum absolute atomic E-state index is 3.43. The van der Waals surface area contributed by atoms with Crippen molar-refractivity contribution in [2.75, 3.05) is 19.6 Å². The number of hydrogen-bond donors (Lipinski definition) is 1. The highest BCUT2D eigenvalue weighted by molar-refractivity contribution is 4.76. The predicted octanol–water partition coefficient (Wildman–Crippen LogP) is 2.80. The minimum Gasteiger partial charge on any atom is -0.255 e. The summed E-state index contributed by atoms with van der Waals surface area (Å²) in [5.41, 5.74) is 3.43. The zero-order chi connectivity index (χ0) is 10.5. The van der Waals surface area contributed by atoms with E-state index in [0.29, 0.717) is 0 Å². The average molecular weight is 210 g/mol. The van der Waals surface area contributed by atoms with Crippen LogP contribution in [0.5, 0.6) is 0 Å². The molecule has 0 radical (unpaired) electrons. The van der Waals surface area contributed by atoms with E-state index in [0.717, 1.165) is 18.4 Å². The Hall–Kier alpha value is -0.0800. The summed E-state index contributed by atoms with van der Waals surface area (Å²) in [6.07, 6.45) is 10.4. The number of rotatable bonds is 4. The zero-order valence-corrected chi connectivity index (χ0v) is 10.2. The molecule has 2 rings (SSSR count). The summed E-state index contributed by atoms with van der Waals surface area (Å²) in [5.74, 6) is 2.11. The third kappa shape index (κ3) is 3.46. The summed E-state index contributed by atoms with van der Waals surface area (Å²) in [4.78, 5) is 0. The smallest absolute Gasteiger partial charge is 0.0133 e. The van der Waals surface area contributed by atoms with E-state index in [1.165, 1.54) is 58.0 Å². The standard InChI is InChI=1S/C13H26N2/c1-2-14-15-9-7-13(8-10-15)11-12-5-3-4-6-12/h12-14H,2-11H2,1H3. The highest BCUT2D eigenvalue weighted by atomic mass is 15.5. The first kappa shape index (κ1) is 11.4. The molecule has 1 saturated carbocycles. The van der Waals surface area contributed by atoms with Gasteiger partial charge in [0.25, 0.3) is 0 Å². The molecule has 2 heteroatoms. The summed E-state index contributed by atoms with van der Waals surface area (Å²) in [5, 5.41) is 2.41. The fraction of sp³-hybridized carbons (Fsp3) is 1.00. The maximum atomic E-state index is 3.43. The van der Waals surface area contributed by atoms with Gasteiger partial charge in [0.15, 0.2) is 0 Å². The SMILES string of the molecule is CCNN1CCC(CC2CCCC2)CC1. The quantitative estimate of drug-likeness (QED) is 0.767. The molecule has 88 valence electrons. The van der Waals surface area contributed by atoms with Gasteiger partial charge in [0.2, 0.25) is 0 Å². The van der Waals surface area contributed by atoms with Crippen LogP contribution < -0.4 is 5.43 Å². The van der Waals surface area contributed by atoms with E-state index in [2.05, 4.69) is 17.4 Å². The topological polar surface area (TPSA) is 15.3 Å². The molecule has 2 fully saturated rings. The molecule has 0 atom stereocenters. The molecule has 0 spiro atoms. The molecule has 1 aliphatic heterocycles. The lowest BCUT2D eigenvalue weighted by molar-refractivity contribution is 0.117.